The SMILES string of the molecule is CCC1=CC=NCC=C1. The molecule has 0 spiro atoms. The standard InChI is InChI=1S/C8H11N/c1-2-8-4-3-6-9-7-5-8/h3-5,7H,2,6H2,1H3. The van der Waals surface area contributed by atoms with E-state index in [4.69, 9.17) is 0 Å². The molecule has 0 bridgehead atoms. The van der Waals surface area contributed by atoms with Crippen LogP contribution in [0, 0.1) is 0 Å². The smallest absolute Gasteiger partial charge is 0.0573 e. The van der Waals surface area contributed by atoms with Crippen LogP contribution in [0.1, 0.15) is 13.3 Å². The zero-order valence-corrected chi connectivity index (χ0v) is 5.67. The molecule has 0 radical (unpaired) electrons. The first-order chi connectivity index (χ1) is 4.43. The summed E-state index contributed by atoms with van der Waals surface area (Å²) >= 11 is 0. The predicted octanol–water partition coefficient (Wildman–Crippen LogP) is 1.96. The largest absolute Gasteiger partial charge is 0.289 e. The van der Waals surface area contributed by atoms with E-state index in [9.17, 15) is 0 Å². The summed E-state index contributed by atoms with van der Waals surface area (Å²) in [6.07, 6.45) is 9.25. The van der Waals surface area contributed by atoms with Crippen molar-refractivity contribution in [3.63, 3.8) is 0 Å². The molecular formula is C8H11N. The number of allylic oxidation sites excluding steroid dienone is 3. The molecule has 0 atom stereocenters. The van der Waals surface area contributed by atoms with E-state index in [1.54, 1.807) is 0 Å². The number of aliphatic imine (C=N–C) groups is 1. The molecule has 0 saturated carbocycles. The highest BCUT2D eigenvalue weighted by Gasteiger charge is 1.86. The minimum Gasteiger partial charge on any atom is -0.289 e. The second kappa shape index (κ2) is 3.23. The van der Waals surface area contributed by atoms with Gasteiger partial charge in [-0.15, -0.1) is 0 Å². The van der Waals surface area contributed by atoms with Gasteiger partial charge in [-0.05, 0) is 18.1 Å². The van der Waals surface area contributed by atoms with Crippen LogP contribution < -0.4 is 0 Å². The molecule has 0 unspecified atom stereocenters. The first-order valence-electron chi connectivity index (χ1n) is 3.29. The summed E-state index contributed by atoms with van der Waals surface area (Å²) in [4.78, 5) is 4.08. The molecule has 0 aliphatic carbocycles. The Morgan fingerprint density at radius 3 is 3.33 bits per heavy atom. The third-order valence-corrected chi connectivity index (χ3v) is 1.35. The number of hydrogen-bond acceptors (Lipinski definition) is 1. The van der Waals surface area contributed by atoms with Gasteiger partial charge in [0, 0.05) is 6.21 Å². The van der Waals surface area contributed by atoms with Gasteiger partial charge >= 0.3 is 0 Å². The van der Waals surface area contributed by atoms with Crippen molar-refractivity contribution in [2.75, 3.05) is 6.54 Å². The molecule has 0 fully saturated rings. The molecule has 1 nitrogen and oxygen atoms in total. The van der Waals surface area contributed by atoms with Gasteiger partial charge in [-0.1, -0.05) is 19.1 Å². The molecular weight excluding hydrogens is 110 g/mol. The van der Waals surface area contributed by atoms with Gasteiger partial charge in [0.1, 0.15) is 0 Å². The van der Waals surface area contributed by atoms with Crippen molar-refractivity contribution < 1.29 is 0 Å². The van der Waals surface area contributed by atoms with Crippen LogP contribution in [0.3, 0.4) is 0 Å². The molecule has 1 heteroatoms. The van der Waals surface area contributed by atoms with Gasteiger partial charge in [-0.25, -0.2) is 0 Å². The lowest BCUT2D eigenvalue weighted by molar-refractivity contribution is 1.15. The Labute approximate surface area is 55.8 Å². The molecule has 9 heavy (non-hydrogen) atoms. The fraction of sp³-hybridized carbons (Fsp3) is 0.375. The Bertz CT molecular complexity index is 163. The summed E-state index contributed by atoms with van der Waals surface area (Å²) < 4.78 is 0. The van der Waals surface area contributed by atoms with E-state index in [1.165, 1.54) is 5.57 Å². The summed E-state index contributed by atoms with van der Waals surface area (Å²) in [5, 5.41) is 0. The summed E-state index contributed by atoms with van der Waals surface area (Å²) in [5.41, 5.74) is 1.36. The number of hydrogen-bond donors (Lipinski definition) is 0. The molecule has 0 aromatic heterocycles. The van der Waals surface area contributed by atoms with Gasteiger partial charge in [0.05, 0.1) is 6.54 Å². The maximum Gasteiger partial charge on any atom is 0.0573 e. The highest BCUT2D eigenvalue weighted by molar-refractivity contribution is 5.73. The lowest BCUT2D eigenvalue weighted by Gasteiger charge is -1.88. The highest BCUT2D eigenvalue weighted by atomic mass is 14.7. The molecule has 0 aromatic carbocycles. The van der Waals surface area contributed by atoms with Gasteiger partial charge in [0.15, 0.2) is 0 Å². The minimum absolute atomic E-state index is 0.833. The molecule has 0 saturated heterocycles. The van der Waals surface area contributed by atoms with Crippen LogP contribution in [-0.4, -0.2) is 12.8 Å². The van der Waals surface area contributed by atoms with Crippen LogP contribution in [0.4, 0.5) is 0 Å². The number of nitrogens with zero attached hydrogens (tertiary/aromatic N) is 1. The fourth-order valence-corrected chi connectivity index (χ4v) is 0.765. The van der Waals surface area contributed by atoms with Crippen molar-refractivity contribution in [3.8, 4) is 0 Å². The van der Waals surface area contributed by atoms with Crippen LogP contribution in [-0.2, 0) is 0 Å². The zero-order valence-electron chi connectivity index (χ0n) is 5.67. The first kappa shape index (κ1) is 6.27. The maximum atomic E-state index is 4.08. The average Bonchev–Trinajstić information content (AvgIpc) is 2.13. The average molecular weight is 121 g/mol. The van der Waals surface area contributed by atoms with E-state index < -0.39 is 0 Å². The second-order valence-corrected chi connectivity index (χ2v) is 2.01. The van der Waals surface area contributed by atoms with Gasteiger partial charge in [0.25, 0.3) is 0 Å². The van der Waals surface area contributed by atoms with E-state index in [0.29, 0.717) is 0 Å². The molecule has 1 rings (SSSR count). The van der Waals surface area contributed by atoms with E-state index in [0.717, 1.165) is 13.0 Å². The summed E-state index contributed by atoms with van der Waals surface area (Å²) in [5.74, 6) is 0. The molecule has 48 valence electrons. The van der Waals surface area contributed by atoms with E-state index in [2.05, 4.69) is 30.1 Å². The molecule has 1 aliphatic rings. The lowest BCUT2D eigenvalue weighted by Crippen LogP contribution is -1.72. The third kappa shape index (κ3) is 1.84. The second-order valence-electron chi connectivity index (χ2n) is 2.01. The van der Waals surface area contributed by atoms with Crippen molar-refractivity contribution in [3.05, 3.63) is 23.8 Å². The van der Waals surface area contributed by atoms with Gasteiger partial charge in [-0.2, -0.15) is 0 Å². The molecule has 1 heterocycles. The minimum atomic E-state index is 0.833. The van der Waals surface area contributed by atoms with Crippen molar-refractivity contribution in [2.24, 2.45) is 4.99 Å². The Balaban J connectivity index is 2.67. The highest BCUT2D eigenvalue weighted by Crippen LogP contribution is 2.02. The normalized spacial score (nSPS) is 17.2. The summed E-state index contributed by atoms with van der Waals surface area (Å²) in [6, 6.07) is 0. The molecule has 0 N–H and O–H groups in total. The van der Waals surface area contributed by atoms with Gasteiger partial charge in [0.2, 0.25) is 0 Å². The fourth-order valence-electron chi connectivity index (χ4n) is 0.765. The van der Waals surface area contributed by atoms with E-state index in [1.807, 2.05) is 6.21 Å². The van der Waals surface area contributed by atoms with E-state index >= 15 is 0 Å². The molecule has 1 aliphatic heterocycles. The Morgan fingerprint density at radius 2 is 2.56 bits per heavy atom. The molecule has 0 amide bonds. The zero-order chi connectivity index (χ0) is 6.53. The van der Waals surface area contributed by atoms with Crippen molar-refractivity contribution in [1.82, 2.24) is 0 Å². The Morgan fingerprint density at radius 1 is 1.67 bits per heavy atom. The van der Waals surface area contributed by atoms with Crippen LogP contribution >= 0.6 is 0 Å². The quantitative estimate of drug-likeness (QED) is 0.503. The molecule has 0 aromatic rings. The van der Waals surface area contributed by atoms with E-state index in [-0.39, 0.29) is 0 Å². The van der Waals surface area contributed by atoms with Crippen LogP contribution in [0.2, 0.25) is 0 Å². The summed E-state index contributed by atoms with van der Waals surface area (Å²) in [6.45, 7) is 2.98. The third-order valence-electron chi connectivity index (χ3n) is 1.35. The maximum absolute atomic E-state index is 4.08. The van der Waals surface area contributed by atoms with Crippen molar-refractivity contribution in [2.45, 2.75) is 13.3 Å². The van der Waals surface area contributed by atoms with Gasteiger partial charge < -0.3 is 0 Å². The summed E-state index contributed by atoms with van der Waals surface area (Å²) in [7, 11) is 0. The van der Waals surface area contributed by atoms with Crippen molar-refractivity contribution in [1.29, 1.82) is 0 Å². The van der Waals surface area contributed by atoms with Crippen LogP contribution in [0.15, 0.2) is 28.8 Å². The van der Waals surface area contributed by atoms with Crippen molar-refractivity contribution >= 4 is 6.21 Å². The lowest BCUT2D eigenvalue weighted by atomic mass is 10.2. The number of rotatable bonds is 1. The predicted molar refractivity (Wildman–Crippen MR) is 40.9 cm³/mol. The van der Waals surface area contributed by atoms with Gasteiger partial charge in [-0.3, -0.25) is 4.99 Å². The monoisotopic (exact) mass is 121 g/mol. The Hall–Kier alpha value is -0.850. The first-order valence-corrected chi connectivity index (χ1v) is 3.29. The Kier molecular flexibility index (Phi) is 2.25. The van der Waals surface area contributed by atoms with Crippen LogP contribution in [0.25, 0.3) is 0 Å². The van der Waals surface area contributed by atoms with Crippen LogP contribution in [0.5, 0.6) is 0 Å². The topological polar surface area (TPSA) is 12.4 Å².